The molecule has 90 valence electrons. The number of aromatic nitrogens is 1. The molecule has 0 aliphatic carbocycles. The number of fused-ring (bicyclic) bond motifs is 2. The molecule has 2 nitrogen and oxygen atoms in total. The monoisotopic (exact) mass is 257 g/mol. The molecule has 0 aliphatic heterocycles. The summed E-state index contributed by atoms with van der Waals surface area (Å²) in [5, 5.41) is 2.15. The summed E-state index contributed by atoms with van der Waals surface area (Å²) in [5.41, 5.74) is 1.94. The van der Waals surface area contributed by atoms with Crippen molar-refractivity contribution in [1.29, 1.82) is 0 Å². The Bertz CT molecular complexity index is 696. The number of para-hydroxylation sites is 1. The Morgan fingerprint density at radius 2 is 1.83 bits per heavy atom. The zero-order chi connectivity index (χ0) is 12.4. The maximum Gasteiger partial charge on any atom is 0.128 e. The van der Waals surface area contributed by atoms with Gasteiger partial charge >= 0.3 is 0 Å². The van der Waals surface area contributed by atoms with Gasteiger partial charge in [0.15, 0.2) is 0 Å². The Balaban J connectivity index is 2.22. The van der Waals surface area contributed by atoms with Crippen LogP contribution in [0.25, 0.3) is 21.8 Å². The standard InChI is InChI=1S/C15H12ClNO/c16-8-9-18-15-7-3-6-14-12(15)10-11-4-1-2-5-13(11)17-14/h1-7,10H,8-9H2. The van der Waals surface area contributed by atoms with Gasteiger partial charge in [0.05, 0.1) is 16.9 Å². The summed E-state index contributed by atoms with van der Waals surface area (Å²) >= 11 is 5.66. The van der Waals surface area contributed by atoms with E-state index in [1.54, 1.807) is 0 Å². The van der Waals surface area contributed by atoms with Crippen LogP contribution in [-0.2, 0) is 0 Å². The van der Waals surface area contributed by atoms with E-state index in [1.165, 1.54) is 0 Å². The molecule has 1 heterocycles. The van der Waals surface area contributed by atoms with Gasteiger partial charge in [-0.05, 0) is 24.3 Å². The summed E-state index contributed by atoms with van der Waals surface area (Å²) in [6, 6.07) is 16.1. The predicted molar refractivity (Wildman–Crippen MR) is 75.5 cm³/mol. The molecule has 3 aromatic rings. The molecule has 0 bridgehead atoms. The Morgan fingerprint density at radius 3 is 2.72 bits per heavy atom. The molecule has 18 heavy (non-hydrogen) atoms. The van der Waals surface area contributed by atoms with Crippen molar-refractivity contribution in [2.24, 2.45) is 0 Å². The van der Waals surface area contributed by atoms with Gasteiger partial charge in [-0.25, -0.2) is 4.98 Å². The number of alkyl halides is 1. The van der Waals surface area contributed by atoms with Crippen LogP contribution in [0.3, 0.4) is 0 Å². The van der Waals surface area contributed by atoms with Crippen molar-refractivity contribution < 1.29 is 4.74 Å². The van der Waals surface area contributed by atoms with Crippen LogP contribution in [0.4, 0.5) is 0 Å². The Hall–Kier alpha value is -1.80. The van der Waals surface area contributed by atoms with Gasteiger partial charge in [-0.2, -0.15) is 0 Å². The van der Waals surface area contributed by atoms with Gasteiger partial charge in [-0.1, -0.05) is 24.3 Å². The van der Waals surface area contributed by atoms with Gasteiger partial charge in [0.1, 0.15) is 12.4 Å². The SMILES string of the molecule is ClCCOc1cccc2nc3ccccc3cc12. The molecule has 0 saturated heterocycles. The molecule has 2 aromatic carbocycles. The largest absolute Gasteiger partial charge is 0.492 e. The van der Waals surface area contributed by atoms with Gasteiger partial charge < -0.3 is 4.74 Å². The fourth-order valence-electron chi connectivity index (χ4n) is 2.05. The second-order valence-electron chi connectivity index (χ2n) is 4.04. The smallest absolute Gasteiger partial charge is 0.128 e. The summed E-state index contributed by atoms with van der Waals surface area (Å²) in [6.07, 6.45) is 0. The zero-order valence-electron chi connectivity index (χ0n) is 9.77. The minimum absolute atomic E-state index is 0.484. The molecular weight excluding hydrogens is 246 g/mol. The number of benzene rings is 2. The average Bonchev–Trinajstić information content (AvgIpc) is 2.43. The Morgan fingerprint density at radius 1 is 1.00 bits per heavy atom. The van der Waals surface area contributed by atoms with Crippen molar-refractivity contribution in [2.75, 3.05) is 12.5 Å². The Labute approximate surface area is 110 Å². The van der Waals surface area contributed by atoms with Crippen molar-refractivity contribution in [3.8, 4) is 5.75 Å². The van der Waals surface area contributed by atoms with E-state index in [-0.39, 0.29) is 0 Å². The lowest BCUT2D eigenvalue weighted by molar-refractivity contribution is 0.347. The molecule has 3 rings (SSSR count). The van der Waals surface area contributed by atoms with Crippen LogP contribution in [0.1, 0.15) is 0 Å². The quantitative estimate of drug-likeness (QED) is 0.523. The van der Waals surface area contributed by atoms with E-state index >= 15 is 0 Å². The summed E-state index contributed by atoms with van der Waals surface area (Å²) in [5.74, 6) is 1.32. The molecule has 0 spiro atoms. The fourth-order valence-corrected chi connectivity index (χ4v) is 2.12. The summed E-state index contributed by atoms with van der Waals surface area (Å²) in [6.45, 7) is 0.507. The van der Waals surface area contributed by atoms with Crippen LogP contribution < -0.4 is 4.74 Å². The maximum absolute atomic E-state index is 5.66. The third kappa shape index (κ3) is 2.00. The number of hydrogen-bond donors (Lipinski definition) is 0. The summed E-state index contributed by atoms with van der Waals surface area (Å²) < 4.78 is 5.65. The van der Waals surface area contributed by atoms with Crippen molar-refractivity contribution in [2.45, 2.75) is 0 Å². The highest BCUT2D eigenvalue weighted by Crippen LogP contribution is 2.27. The lowest BCUT2D eigenvalue weighted by Crippen LogP contribution is -1.98. The molecule has 0 amide bonds. The van der Waals surface area contributed by atoms with Crippen LogP contribution >= 0.6 is 11.6 Å². The van der Waals surface area contributed by atoms with Crippen molar-refractivity contribution in [3.63, 3.8) is 0 Å². The maximum atomic E-state index is 5.66. The van der Waals surface area contributed by atoms with Crippen LogP contribution in [-0.4, -0.2) is 17.5 Å². The summed E-state index contributed by atoms with van der Waals surface area (Å²) in [4.78, 5) is 4.63. The number of pyridine rings is 1. The second-order valence-corrected chi connectivity index (χ2v) is 4.42. The first-order valence-corrected chi connectivity index (χ1v) is 6.39. The molecule has 0 aliphatic rings. The minimum Gasteiger partial charge on any atom is -0.492 e. The molecule has 0 atom stereocenters. The molecule has 0 fully saturated rings. The topological polar surface area (TPSA) is 22.1 Å². The van der Waals surface area contributed by atoms with E-state index in [0.717, 1.165) is 27.6 Å². The van der Waals surface area contributed by atoms with Gasteiger partial charge in [-0.3, -0.25) is 0 Å². The lowest BCUT2D eigenvalue weighted by atomic mass is 10.1. The van der Waals surface area contributed by atoms with Gasteiger partial charge in [-0.15, -0.1) is 11.6 Å². The first-order chi connectivity index (χ1) is 8.88. The lowest BCUT2D eigenvalue weighted by Gasteiger charge is -2.08. The van der Waals surface area contributed by atoms with E-state index in [2.05, 4.69) is 17.1 Å². The average molecular weight is 258 g/mol. The third-order valence-electron chi connectivity index (χ3n) is 2.86. The number of nitrogens with zero attached hydrogens (tertiary/aromatic N) is 1. The highest BCUT2D eigenvalue weighted by Gasteiger charge is 2.04. The molecular formula is C15H12ClNO. The van der Waals surface area contributed by atoms with Gasteiger partial charge in [0, 0.05) is 10.8 Å². The van der Waals surface area contributed by atoms with Crippen LogP contribution in [0.5, 0.6) is 5.75 Å². The third-order valence-corrected chi connectivity index (χ3v) is 3.01. The van der Waals surface area contributed by atoms with Crippen molar-refractivity contribution in [3.05, 3.63) is 48.5 Å². The number of hydrogen-bond acceptors (Lipinski definition) is 2. The fraction of sp³-hybridized carbons (Fsp3) is 0.133. The number of rotatable bonds is 3. The van der Waals surface area contributed by atoms with E-state index in [4.69, 9.17) is 16.3 Å². The number of halogens is 1. The van der Waals surface area contributed by atoms with Crippen molar-refractivity contribution >= 4 is 33.4 Å². The Kier molecular flexibility index (Phi) is 3.03. The van der Waals surface area contributed by atoms with Gasteiger partial charge in [0.25, 0.3) is 0 Å². The molecule has 0 saturated carbocycles. The number of ether oxygens (including phenoxy) is 1. The predicted octanol–water partition coefficient (Wildman–Crippen LogP) is 4.01. The van der Waals surface area contributed by atoms with Gasteiger partial charge in [0.2, 0.25) is 0 Å². The van der Waals surface area contributed by atoms with Crippen LogP contribution in [0.2, 0.25) is 0 Å². The molecule has 0 N–H and O–H groups in total. The van der Waals surface area contributed by atoms with E-state index in [9.17, 15) is 0 Å². The van der Waals surface area contributed by atoms with Crippen molar-refractivity contribution in [1.82, 2.24) is 4.98 Å². The first kappa shape index (κ1) is 11.3. The molecule has 1 aromatic heterocycles. The second kappa shape index (κ2) is 4.83. The normalized spacial score (nSPS) is 10.9. The van der Waals surface area contributed by atoms with Crippen LogP contribution in [0.15, 0.2) is 48.5 Å². The molecule has 0 radical (unpaired) electrons. The summed E-state index contributed by atoms with van der Waals surface area (Å²) in [7, 11) is 0. The minimum atomic E-state index is 0.484. The highest BCUT2D eigenvalue weighted by atomic mass is 35.5. The highest BCUT2D eigenvalue weighted by molar-refractivity contribution is 6.18. The van der Waals surface area contributed by atoms with E-state index in [1.807, 2.05) is 36.4 Å². The van der Waals surface area contributed by atoms with Crippen LogP contribution in [0, 0.1) is 0 Å². The molecule has 3 heteroatoms. The first-order valence-electron chi connectivity index (χ1n) is 5.86. The van der Waals surface area contributed by atoms with E-state index < -0.39 is 0 Å². The van der Waals surface area contributed by atoms with E-state index in [0.29, 0.717) is 12.5 Å². The molecule has 0 unspecified atom stereocenters. The zero-order valence-corrected chi connectivity index (χ0v) is 10.5.